The molecule has 0 fully saturated rings. The van der Waals surface area contributed by atoms with Crippen molar-refractivity contribution in [3.8, 4) is 0 Å². The second-order valence-electron chi connectivity index (χ2n) is 6.72. The molecule has 0 spiro atoms. The third-order valence-electron chi connectivity index (χ3n) is 3.36. The maximum Gasteiger partial charge on any atom is 0.292 e. The largest absolute Gasteiger partial charge is 0.345 e. The Morgan fingerprint density at radius 1 is 1.19 bits per heavy atom. The van der Waals surface area contributed by atoms with Crippen LogP contribution in [0.2, 0.25) is 5.02 Å². The zero-order valence-corrected chi connectivity index (χ0v) is 16.3. The van der Waals surface area contributed by atoms with E-state index in [2.05, 4.69) is 10.6 Å². The molecule has 138 valence electrons. The lowest BCUT2D eigenvalue weighted by molar-refractivity contribution is -0.118. The van der Waals surface area contributed by atoms with Crippen molar-refractivity contribution in [2.24, 2.45) is 0 Å². The molecule has 0 aliphatic heterocycles. The van der Waals surface area contributed by atoms with Gasteiger partial charge >= 0.3 is 0 Å². The molecule has 0 bridgehead atoms. The monoisotopic (exact) mass is 396 g/mol. The van der Waals surface area contributed by atoms with Crippen LogP contribution in [-0.2, 0) is 4.79 Å². The van der Waals surface area contributed by atoms with Gasteiger partial charge in [0.25, 0.3) is 17.6 Å². The zero-order valence-electron chi connectivity index (χ0n) is 14.7. The van der Waals surface area contributed by atoms with Crippen molar-refractivity contribution < 1.29 is 18.8 Å². The van der Waals surface area contributed by atoms with E-state index in [1.807, 2.05) is 0 Å². The van der Waals surface area contributed by atoms with Crippen molar-refractivity contribution in [2.45, 2.75) is 33.2 Å². The molecule has 1 aromatic carbocycles. The Kier molecular flexibility index (Phi) is 5.83. The lowest BCUT2D eigenvalue weighted by atomic mass is 10.1. The molecule has 0 saturated heterocycles. The zero-order chi connectivity index (χ0) is 19.6. The lowest BCUT2D eigenvalue weighted by Gasteiger charge is -2.19. The molecule has 0 radical (unpaired) electrons. The number of carbonyl (C=O) groups is 3. The smallest absolute Gasteiger partial charge is 0.292 e. The van der Waals surface area contributed by atoms with Crippen LogP contribution >= 0.6 is 22.9 Å². The van der Waals surface area contributed by atoms with Crippen LogP contribution in [-0.4, -0.2) is 23.1 Å². The van der Waals surface area contributed by atoms with E-state index in [1.165, 1.54) is 17.5 Å². The highest BCUT2D eigenvalue weighted by atomic mass is 35.5. The van der Waals surface area contributed by atoms with Gasteiger partial charge in [-0.3, -0.25) is 14.4 Å². The van der Waals surface area contributed by atoms with Gasteiger partial charge in [0.05, 0.1) is 9.90 Å². The van der Waals surface area contributed by atoms with Crippen LogP contribution in [0.15, 0.2) is 23.6 Å². The maximum atomic E-state index is 13.2. The Hall–Kier alpha value is -2.25. The average molecular weight is 397 g/mol. The van der Waals surface area contributed by atoms with Gasteiger partial charge in [-0.2, -0.15) is 0 Å². The topological polar surface area (TPSA) is 75.3 Å². The number of hydrogen-bond donors (Lipinski definition) is 2. The van der Waals surface area contributed by atoms with Gasteiger partial charge in [0.15, 0.2) is 0 Å². The summed E-state index contributed by atoms with van der Waals surface area (Å²) < 4.78 is 13.2. The number of amides is 2. The average Bonchev–Trinajstić information content (AvgIpc) is 2.90. The van der Waals surface area contributed by atoms with Gasteiger partial charge in [0, 0.05) is 22.2 Å². The Balaban J connectivity index is 2.19. The van der Waals surface area contributed by atoms with Gasteiger partial charge < -0.3 is 10.6 Å². The molecule has 2 N–H and O–H groups in total. The molecular formula is C18H18ClFN2O3S. The molecule has 2 amide bonds. The predicted molar refractivity (Wildman–Crippen MR) is 101 cm³/mol. The number of hydrogen-bond acceptors (Lipinski definition) is 4. The van der Waals surface area contributed by atoms with Gasteiger partial charge in [0.2, 0.25) is 0 Å². The highest BCUT2D eigenvalue weighted by molar-refractivity contribution is 7.12. The maximum absolute atomic E-state index is 13.2. The fraction of sp³-hybridized carbons (Fsp3) is 0.278. The fourth-order valence-electron chi connectivity index (χ4n) is 2.15. The predicted octanol–water partition coefficient (Wildman–Crippen LogP) is 4.20. The Bertz CT molecular complexity index is 887. The van der Waals surface area contributed by atoms with Crippen LogP contribution in [0.5, 0.6) is 0 Å². The first-order valence-electron chi connectivity index (χ1n) is 7.71. The molecule has 0 aliphatic rings. The fourth-order valence-corrected chi connectivity index (χ4v) is 3.29. The third kappa shape index (κ3) is 4.68. The number of nitrogens with one attached hydrogen (secondary N) is 2. The molecule has 2 aromatic rings. The summed E-state index contributed by atoms with van der Waals surface area (Å²) in [6.45, 7) is 6.91. The molecular weight excluding hydrogens is 379 g/mol. The minimum absolute atomic E-state index is 0.111. The Morgan fingerprint density at radius 3 is 2.42 bits per heavy atom. The number of ketones is 1. The Morgan fingerprint density at radius 2 is 1.85 bits per heavy atom. The first kappa shape index (κ1) is 20.1. The van der Waals surface area contributed by atoms with Crippen molar-refractivity contribution in [3.05, 3.63) is 50.4 Å². The normalized spacial score (nSPS) is 11.2. The van der Waals surface area contributed by atoms with Crippen LogP contribution in [0.1, 0.15) is 46.4 Å². The molecule has 5 nitrogen and oxygen atoms in total. The summed E-state index contributed by atoms with van der Waals surface area (Å²) in [5, 5.41) is 6.56. The van der Waals surface area contributed by atoms with E-state index in [-0.39, 0.29) is 15.5 Å². The van der Waals surface area contributed by atoms with Gasteiger partial charge in [-0.15, -0.1) is 11.3 Å². The summed E-state index contributed by atoms with van der Waals surface area (Å²) >= 11 is 6.75. The standard InChI is InChI=1S/C18H18ClFN2O3S/c1-9-11(14(23)16(24)22-18(2,3)4)8-26-15(9)17(25)21-10-5-6-13(20)12(19)7-10/h5-8H,1-4H3,(H,21,25)(H,22,24). The summed E-state index contributed by atoms with van der Waals surface area (Å²) in [6, 6.07) is 3.82. The molecule has 2 rings (SSSR count). The summed E-state index contributed by atoms with van der Waals surface area (Å²) in [5.74, 6) is -2.48. The molecule has 8 heteroatoms. The lowest BCUT2D eigenvalue weighted by Crippen LogP contribution is -2.44. The van der Waals surface area contributed by atoms with E-state index < -0.39 is 29.0 Å². The second-order valence-corrected chi connectivity index (χ2v) is 8.01. The Labute approximate surface area is 159 Å². The number of Topliss-reactive ketones (excluding diaryl/α,β-unsaturated/α-hetero) is 1. The minimum atomic E-state index is -0.726. The van der Waals surface area contributed by atoms with Crippen molar-refractivity contribution in [1.82, 2.24) is 5.32 Å². The summed E-state index contributed by atoms with van der Waals surface area (Å²) in [4.78, 5) is 37.1. The summed E-state index contributed by atoms with van der Waals surface area (Å²) in [7, 11) is 0. The van der Waals surface area contributed by atoms with Crippen molar-refractivity contribution in [2.75, 3.05) is 5.32 Å². The van der Waals surface area contributed by atoms with E-state index >= 15 is 0 Å². The number of anilines is 1. The molecule has 0 atom stereocenters. The van der Waals surface area contributed by atoms with Crippen LogP contribution in [0.25, 0.3) is 0 Å². The highest BCUT2D eigenvalue weighted by Crippen LogP contribution is 2.25. The quantitative estimate of drug-likeness (QED) is 0.600. The number of rotatable bonds is 4. The van der Waals surface area contributed by atoms with Gasteiger partial charge in [-0.1, -0.05) is 11.6 Å². The van der Waals surface area contributed by atoms with Crippen LogP contribution in [0.4, 0.5) is 10.1 Å². The first-order valence-corrected chi connectivity index (χ1v) is 8.96. The number of carbonyl (C=O) groups excluding carboxylic acids is 3. The van der Waals surface area contributed by atoms with Crippen molar-refractivity contribution >= 4 is 46.2 Å². The van der Waals surface area contributed by atoms with Crippen LogP contribution in [0.3, 0.4) is 0 Å². The van der Waals surface area contributed by atoms with Crippen LogP contribution in [0, 0.1) is 12.7 Å². The second kappa shape index (κ2) is 7.55. The first-order chi connectivity index (χ1) is 12.0. The number of thiophene rings is 1. The number of benzene rings is 1. The van der Waals surface area contributed by atoms with Gasteiger partial charge in [-0.25, -0.2) is 4.39 Å². The molecule has 1 heterocycles. The van der Waals surface area contributed by atoms with E-state index in [1.54, 1.807) is 27.7 Å². The number of halogens is 2. The van der Waals surface area contributed by atoms with Crippen molar-refractivity contribution in [1.29, 1.82) is 0 Å². The van der Waals surface area contributed by atoms with E-state index in [0.29, 0.717) is 11.3 Å². The minimum Gasteiger partial charge on any atom is -0.345 e. The molecule has 0 aliphatic carbocycles. The SMILES string of the molecule is Cc1c(C(=O)C(=O)NC(C)(C)C)csc1C(=O)Nc1ccc(F)c(Cl)c1. The highest BCUT2D eigenvalue weighted by Gasteiger charge is 2.26. The molecule has 1 aromatic heterocycles. The van der Waals surface area contributed by atoms with Gasteiger partial charge in [0.1, 0.15) is 5.82 Å². The van der Waals surface area contributed by atoms with E-state index in [9.17, 15) is 18.8 Å². The molecule has 0 unspecified atom stereocenters. The van der Waals surface area contributed by atoms with Crippen molar-refractivity contribution in [3.63, 3.8) is 0 Å². The van der Waals surface area contributed by atoms with E-state index in [0.717, 1.165) is 17.4 Å². The summed E-state index contributed by atoms with van der Waals surface area (Å²) in [6.07, 6.45) is 0. The van der Waals surface area contributed by atoms with E-state index in [4.69, 9.17) is 11.6 Å². The summed E-state index contributed by atoms with van der Waals surface area (Å²) in [5.41, 5.74) is 0.375. The molecule has 0 saturated carbocycles. The molecule has 26 heavy (non-hydrogen) atoms. The van der Waals surface area contributed by atoms with Crippen LogP contribution < -0.4 is 10.6 Å². The third-order valence-corrected chi connectivity index (χ3v) is 4.73. The van der Waals surface area contributed by atoms with Gasteiger partial charge in [-0.05, 0) is 51.5 Å².